The molecule has 0 saturated heterocycles. The smallest absolute Gasteiger partial charge is 0.0287 e. The van der Waals surface area contributed by atoms with E-state index in [4.69, 9.17) is 0 Å². The van der Waals surface area contributed by atoms with Crippen LogP contribution >= 0.6 is 8.58 Å². The lowest BCUT2D eigenvalue weighted by molar-refractivity contribution is 0.573. The third-order valence-electron chi connectivity index (χ3n) is 3.59. The molecule has 0 rings (SSSR count). The van der Waals surface area contributed by atoms with Crippen molar-refractivity contribution < 1.29 is 0 Å². The summed E-state index contributed by atoms with van der Waals surface area (Å²) in [7, 11) is 1.72. The minimum Gasteiger partial charge on any atom is -0.0810 e. The van der Waals surface area contributed by atoms with Gasteiger partial charge in [-0.05, 0) is 25.2 Å². The topological polar surface area (TPSA) is 0 Å². The second-order valence-electron chi connectivity index (χ2n) is 5.56. The first kappa shape index (κ1) is 18.4. The van der Waals surface area contributed by atoms with Crippen molar-refractivity contribution >= 4 is 8.58 Å². The van der Waals surface area contributed by atoms with E-state index in [0.717, 1.165) is 0 Å². The maximum absolute atomic E-state index is 2.29. The van der Waals surface area contributed by atoms with Crippen LogP contribution in [-0.4, -0.2) is 12.3 Å². The molecule has 0 bridgehead atoms. The Morgan fingerprint density at radius 2 is 0.778 bits per heavy atom. The van der Waals surface area contributed by atoms with Gasteiger partial charge in [0.05, 0.1) is 0 Å². The maximum Gasteiger partial charge on any atom is -0.0287 e. The molecule has 0 fully saturated rings. The first-order chi connectivity index (χ1) is 8.91. The molecule has 0 N–H and O–H groups in total. The van der Waals surface area contributed by atoms with Crippen LogP contribution in [0.25, 0.3) is 0 Å². The summed E-state index contributed by atoms with van der Waals surface area (Å²) in [6, 6.07) is 0. The molecule has 0 unspecified atom stereocenters. The van der Waals surface area contributed by atoms with Crippen LogP contribution in [0.4, 0.5) is 0 Å². The molecular weight excluding hydrogens is 235 g/mol. The summed E-state index contributed by atoms with van der Waals surface area (Å²) in [4.78, 5) is 0. The fraction of sp³-hybridized carbons (Fsp3) is 1.00. The fourth-order valence-corrected chi connectivity index (χ4v) is 3.41. The highest BCUT2D eigenvalue weighted by Gasteiger charge is 1.93. The molecule has 0 aromatic heterocycles. The van der Waals surface area contributed by atoms with E-state index < -0.39 is 0 Å². The zero-order valence-electron chi connectivity index (χ0n) is 13.1. The van der Waals surface area contributed by atoms with Crippen molar-refractivity contribution in [3.63, 3.8) is 0 Å². The quantitative estimate of drug-likeness (QED) is 0.221. The Balaban J connectivity index is 2.86. The van der Waals surface area contributed by atoms with E-state index in [1.165, 1.54) is 95.8 Å². The number of hydrogen-bond acceptors (Lipinski definition) is 0. The second-order valence-corrected chi connectivity index (χ2v) is 6.90. The average Bonchev–Trinajstić information content (AvgIpc) is 2.39. The van der Waals surface area contributed by atoms with Crippen molar-refractivity contribution in [3.05, 3.63) is 0 Å². The number of rotatable bonds is 15. The third-order valence-corrected chi connectivity index (χ3v) is 4.85. The van der Waals surface area contributed by atoms with E-state index in [1.54, 1.807) is 8.58 Å². The van der Waals surface area contributed by atoms with Gasteiger partial charge >= 0.3 is 0 Å². The normalized spacial score (nSPS) is 11.7. The Labute approximate surface area is 118 Å². The zero-order valence-corrected chi connectivity index (χ0v) is 13.9. The highest BCUT2D eigenvalue weighted by Crippen LogP contribution is 2.17. The van der Waals surface area contributed by atoms with Crippen LogP contribution in [0.15, 0.2) is 0 Å². The van der Waals surface area contributed by atoms with Crippen molar-refractivity contribution in [2.24, 2.45) is 0 Å². The summed E-state index contributed by atoms with van der Waals surface area (Å²) in [5.74, 6) is 0. The molecule has 0 aliphatic heterocycles. The molecule has 0 spiro atoms. The monoisotopic (exact) mass is 271 g/mol. The second kappa shape index (κ2) is 17.4. The third kappa shape index (κ3) is 16.4. The molecule has 0 atom stereocenters. The average molecular weight is 271 g/mol. The summed E-state index contributed by atoms with van der Waals surface area (Å²) < 4.78 is 0. The van der Waals surface area contributed by atoms with Crippen LogP contribution in [-0.2, 0) is 0 Å². The molecule has 0 amide bonds. The minimum atomic E-state index is 1.37. The lowest BCUT2D eigenvalue weighted by atomic mass is 10.1. The van der Waals surface area contributed by atoms with Gasteiger partial charge in [0, 0.05) is 0 Å². The van der Waals surface area contributed by atoms with E-state index in [0.29, 0.717) is 0 Å². The molecule has 0 aliphatic carbocycles. The Kier molecular flexibility index (Phi) is 17.8. The molecule has 0 nitrogen and oxygen atoms in total. The largest absolute Gasteiger partial charge is 0.0810 e. The maximum atomic E-state index is 2.29. The summed E-state index contributed by atoms with van der Waals surface area (Å²) in [5.41, 5.74) is 0. The Morgan fingerprint density at radius 1 is 0.444 bits per heavy atom. The summed E-state index contributed by atoms with van der Waals surface area (Å²) in [6.07, 6.45) is 21.8. The number of unbranched alkanes of at least 4 members (excludes halogenated alkanes) is 11. The molecule has 1 heteroatoms. The van der Waals surface area contributed by atoms with Crippen LogP contribution in [0, 0.1) is 0 Å². The highest BCUT2D eigenvalue weighted by molar-refractivity contribution is 7.37. The molecule has 0 aromatic carbocycles. The Morgan fingerprint density at radius 3 is 1.22 bits per heavy atom. The standard InChI is InChI=1S/C17H36P/c1-3-5-7-9-10-11-12-13-15-17-18-16-14-8-6-4-2/h3-17H2,1-2H3. The molecule has 0 saturated carbocycles. The van der Waals surface area contributed by atoms with E-state index in [9.17, 15) is 0 Å². The molecule has 0 aliphatic rings. The van der Waals surface area contributed by atoms with Gasteiger partial charge in [0.25, 0.3) is 0 Å². The van der Waals surface area contributed by atoms with E-state index >= 15 is 0 Å². The van der Waals surface area contributed by atoms with Crippen molar-refractivity contribution in [1.82, 2.24) is 0 Å². The molecule has 18 heavy (non-hydrogen) atoms. The van der Waals surface area contributed by atoms with Crippen LogP contribution < -0.4 is 0 Å². The first-order valence-electron chi connectivity index (χ1n) is 8.55. The fourth-order valence-electron chi connectivity index (χ4n) is 2.30. The van der Waals surface area contributed by atoms with Gasteiger partial charge in [-0.3, -0.25) is 0 Å². The van der Waals surface area contributed by atoms with Gasteiger partial charge in [0.1, 0.15) is 0 Å². The van der Waals surface area contributed by atoms with Gasteiger partial charge in [0.2, 0.25) is 0 Å². The summed E-state index contributed by atoms with van der Waals surface area (Å²) in [5, 5.41) is 0. The van der Waals surface area contributed by atoms with E-state index in [-0.39, 0.29) is 0 Å². The van der Waals surface area contributed by atoms with Crippen LogP contribution in [0.1, 0.15) is 97.3 Å². The van der Waals surface area contributed by atoms with Gasteiger partial charge in [0.15, 0.2) is 0 Å². The molecule has 0 aromatic rings. The van der Waals surface area contributed by atoms with Crippen LogP contribution in [0.5, 0.6) is 0 Å². The van der Waals surface area contributed by atoms with Crippen LogP contribution in [0.2, 0.25) is 0 Å². The lowest BCUT2D eigenvalue weighted by Crippen LogP contribution is -1.84. The van der Waals surface area contributed by atoms with Gasteiger partial charge in [-0.1, -0.05) is 93.1 Å². The minimum absolute atomic E-state index is 1.37. The van der Waals surface area contributed by atoms with Gasteiger partial charge in [-0.25, -0.2) is 0 Å². The van der Waals surface area contributed by atoms with Crippen molar-refractivity contribution in [1.29, 1.82) is 0 Å². The number of hydrogen-bond donors (Lipinski definition) is 0. The molecular formula is C17H36P. The summed E-state index contributed by atoms with van der Waals surface area (Å²) >= 11 is 0. The SMILES string of the molecule is CCCCCCCCCCC[P]CCCCCC. The first-order valence-corrected chi connectivity index (χ1v) is 9.81. The molecule has 109 valence electrons. The predicted molar refractivity (Wildman–Crippen MR) is 88.0 cm³/mol. The van der Waals surface area contributed by atoms with Crippen molar-refractivity contribution in [2.75, 3.05) is 12.3 Å². The summed E-state index contributed by atoms with van der Waals surface area (Å²) in [6.45, 7) is 4.58. The van der Waals surface area contributed by atoms with Gasteiger partial charge in [-0.15, -0.1) is 0 Å². The van der Waals surface area contributed by atoms with Crippen molar-refractivity contribution in [3.8, 4) is 0 Å². The lowest BCUT2D eigenvalue weighted by Gasteiger charge is -2.02. The van der Waals surface area contributed by atoms with E-state index in [2.05, 4.69) is 13.8 Å². The highest BCUT2D eigenvalue weighted by atomic mass is 31.1. The Hall–Kier alpha value is 0.430. The predicted octanol–water partition coefficient (Wildman–Crippen LogP) is 7.04. The van der Waals surface area contributed by atoms with Gasteiger partial charge < -0.3 is 0 Å². The molecule has 1 radical (unpaired) electrons. The van der Waals surface area contributed by atoms with Crippen LogP contribution in [0.3, 0.4) is 0 Å². The van der Waals surface area contributed by atoms with E-state index in [1.807, 2.05) is 0 Å². The zero-order chi connectivity index (χ0) is 13.3. The van der Waals surface area contributed by atoms with Crippen molar-refractivity contribution in [2.45, 2.75) is 97.3 Å². The van der Waals surface area contributed by atoms with Gasteiger partial charge in [-0.2, -0.15) is 0 Å². The molecule has 0 heterocycles. The Bertz CT molecular complexity index is 118.